The van der Waals surface area contributed by atoms with E-state index in [0.717, 1.165) is 75.7 Å². The average Bonchev–Trinajstić information content (AvgIpc) is 3.25. The summed E-state index contributed by atoms with van der Waals surface area (Å²) in [6, 6.07) is 4.56. The minimum Gasteiger partial charge on any atom is -0.395 e. The predicted octanol–water partition coefficient (Wildman–Crippen LogP) is 3.93. The molecule has 1 unspecified atom stereocenters. The molecule has 5 N–H and O–H groups in total. The highest BCUT2D eigenvalue weighted by molar-refractivity contribution is 7.09. The number of hydrogen-bond donors (Lipinski definition) is 3. The van der Waals surface area contributed by atoms with Crippen LogP contribution in [0.2, 0.25) is 0 Å². The molecule has 0 aliphatic heterocycles. The van der Waals surface area contributed by atoms with Gasteiger partial charge < -0.3 is 21.7 Å². The maximum Gasteiger partial charge on any atom is 0.270 e. The van der Waals surface area contributed by atoms with E-state index in [0.29, 0.717) is 5.56 Å². The molecule has 1 atom stereocenters. The first kappa shape index (κ1) is 25.1. The number of amides is 3. The minimum atomic E-state index is -0.966. The van der Waals surface area contributed by atoms with Crippen LogP contribution in [0.1, 0.15) is 96.0 Å². The number of primary amides is 1. The Morgan fingerprint density at radius 3 is 2.17 bits per heavy atom. The van der Waals surface area contributed by atoms with Gasteiger partial charge in [-0.05, 0) is 54.9 Å². The molecule has 2 aliphatic rings. The summed E-state index contributed by atoms with van der Waals surface area (Å²) in [5.41, 5.74) is 11.8. The summed E-state index contributed by atoms with van der Waals surface area (Å²) in [6.45, 7) is 0. The van der Waals surface area contributed by atoms with Crippen molar-refractivity contribution in [3.63, 3.8) is 0 Å². The molecule has 8 nitrogen and oxygen atoms in total. The van der Waals surface area contributed by atoms with Crippen LogP contribution >= 0.6 is 11.5 Å². The number of nitrogens with one attached hydrogen (secondary N) is 1. The maximum absolute atomic E-state index is 14.0. The molecule has 1 aromatic heterocycles. The number of nitrogens with zero attached hydrogens (tertiary/aromatic N) is 2. The Bertz CT molecular complexity index is 1060. The lowest BCUT2D eigenvalue weighted by Gasteiger charge is -2.40. The van der Waals surface area contributed by atoms with Crippen LogP contribution in [0.15, 0.2) is 24.3 Å². The first-order chi connectivity index (χ1) is 16.9. The zero-order valence-corrected chi connectivity index (χ0v) is 20.5. The second-order valence-electron chi connectivity index (χ2n) is 9.44. The largest absolute Gasteiger partial charge is 0.395 e. The summed E-state index contributed by atoms with van der Waals surface area (Å²) in [5.74, 6) is -1.99. The number of benzene rings is 1. The van der Waals surface area contributed by atoms with Gasteiger partial charge in [-0.1, -0.05) is 50.7 Å². The van der Waals surface area contributed by atoms with Crippen molar-refractivity contribution in [3.8, 4) is 0 Å². The third-order valence-corrected chi connectivity index (χ3v) is 7.87. The van der Waals surface area contributed by atoms with Gasteiger partial charge in [-0.2, -0.15) is 4.37 Å². The zero-order chi connectivity index (χ0) is 24.9. The Balaban J connectivity index is 1.75. The molecule has 2 aromatic rings. The van der Waals surface area contributed by atoms with E-state index < -0.39 is 23.7 Å². The van der Waals surface area contributed by atoms with E-state index in [9.17, 15) is 18.8 Å². The van der Waals surface area contributed by atoms with E-state index in [2.05, 4.69) is 9.69 Å². The average molecular weight is 502 g/mol. The van der Waals surface area contributed by atoms with Gasteiger partial charge in [-0.15, -0.1) is 0 Å². The Labute approximate surface area is 208 Å². The van der Waals surface area contributed by atoms with Crippen molar-refractivity contribution in [3.05, 3.63) is 46.2 Å². The van der Waals surface area contributed by atoms with Gasteiger partial charge in [0.15, 0.2) is 5.69 Å². The molecule has 2 aliphatic carbocycles. The summed E-state index contributed by atoms with van der Waals surface area (Å²) in [4.78, 5) is 41.2. The molecule has 10 heteroatoms. The van der Waals surface area contributed by atoms with Crippen LogP contribution in [0.25, 0.3) is 0 Å². The number of nitrogens with two attached hydrogens (primary N) is 2. The first-order valence-corrected chi connectivity index (χ1v) is 13.1. The van der Waals surface area contributed by atoms with E-state index in [1.54, 1.807) is 17.0 Å². The highest BCUT2D eigenvalue weighted by Crippen LogP contribution is 2.35. The molecule has 188 valence electrons. The summed E-state index contributed by atoms with van der Waals surface area (Å²) >= 11 is 0.809. The number of hydrogen-bond acceptors (Lipinski definition) is 6. The number of carbonyl (C=O) groups excluding carboxylic acids is 3. The van der Waals surface area contributed by atoms with E-state index in [1.165, 1.54) is 12.1 Å². The van der Waals surface area contributed by atoms with E-state index >= 15 is 0 Å². The lowest BCUT2D eigenvalue weighted by molar-refractivity contribution is -0.127. The highest BCUT2D eigenvalue weighted by Gasteiger charge is 2.40. The quantitative estimate of drug-likeness (QED) is 0.529. The molecule has 1 heterocycles. The van der Waals surface area contributed by atoms with Crippen LogP contribution in [0.5, 0.6) is 0 Å². The molecule has 3 amide bonds. The molecule has 1 aromatic carbocycles. The van der Waals surface area contributed by atoms with Gasteiger partial charge in [0.1, 0.15) is 16.7 Å². The second-order valence-corrected chi connectivity index (χ2v) is 10.2. The Morgan fingerprint density at radius 1 is 1.00 bits per heavy atom. The fraction of sp³-hybridized carbons (Fsp3) is 0.520. The predicted molar refractivity (Wildman–Crippen MR) is 132 cm³/mol. The van der Waals surface area contributed by atoms with Crippen molar-refractivity contribution in [1.82, 2.24) is 14.6 Å². The Morgan fingerprint density at radius 2 is 1.60 bits per heavy atom. The standard InChI is InChI=1S/C25H32FN5O3S/c26-16-13-11-15(12-14-16)21(24(33)29-17-7-3-1-4-8-17)31(18-9-5-2-6-10-18)25(34)22-19(27)20(23(28)32)30-35-22/h11-14,17-18,21H,1-10,27H2,(H2,28,32)(H,29,33). The van der Waals surface area contributed by atoms with Crippen LogP contribution in [0.3, 0.4) is 0 Å². The van der Waals surface area contributed by atoms with Crippen LogP contribution in [-0.2, 0) is 4.79 Å². The van der Waals surface area contributed by atoms with Gasteiger partial charge >= 0.3 is 0 Å². The molecule has 0 spiro atoms. The van der Waals surface area contributed by atoms with E-state index in [4.69, 9.17) is 11.5 Å². The topological polar surface area (TPSA) is 131 Å². The highest BCUT2D eigenvalue weighted by atomic mass is 32.1. The minimum absolute atomic E-state index is 0.0393. The molecular weight excluding hydrogens is 469 g/mol. The third kappa shape index (κ3) is 5.63. The van der Waals surface area contributed by atoms with E-state index in [-0.39, 0.29) is 34.2 Å². The third-order valence-electron chi connectivity index (χ3n) is 7.02. The van der Waals surface area contributed by atoms with Crippen molar-refractivity contribution in [2.75, 3.05) is 5.73 Å². The van der Waals surface area contributed by atoms with Crippen molar-refractivity contribution in [2.45, 2.75) is 82.3 Å². The number of carbonyl (C=O) groups is 3. The van der Waals surface area contributed by atoms with Crippen LogP contribution in [0.4, 0.5) is 10.1 Å². The van der Waals surface area contributed by atoms with Crippen molar-refractivity contribution in [2.24, 2.45) is 5.73 Å². The van der Waals surface area contributed by atoms with Crippen molar-refractivity contribution >= 4 is 34.9 Å². The lowest BCUT2D eigenvalue weighted by atomic mass is 9.90. The van der Waals surface area contributed by atoms with Gasteiger partial charge in [0.25, 0.3) is 11.8 Å². The Kier molecular flexibility index (Phi) is 8.00. The number of anilines is 1. The van der Waals surface area contributed by atoms with Gasteiger partial charge in [0.05, 0.1) is 5.69 Å². The number of nitrogen functional groups attached to an aromatic ring is 1. The smallest absolute Gasteiger partial charge is 0.270 e. The molecule has 0 saturated heterocycles. The zero-order valence-electron chi connectivity index (χ0n) is 19.7. The Hall–Kier alpha value is -3.01. The SMILES string of the molecule is NC(=O)c1nsc(C(=O)N(C2CCCCC2)C(C(=O)NC2CCCCC2)c2ccc(F)cc2)c1N. The second kappa shape index (κ2) is 11.2. The van der Waals surface area contributed by atoms with Gasteiger partial charge in [0.2, 0.25) is 5.91 Å². The monoisotopic (exact) mass is 501 g/mol. The molecular formula is C25H32FN5O3S. The molecule has 2 saturated carbocycles. The van der Waals surface area contributed by atoms with Crippen molar-refractivity contribution < 1.29 is 18.8 Å². The lowest BCUT2D eigenvalue weighted by Crippen LogP contribution is -2.51. The molecule has 2 fully saturated rings. The van der Waals surface area contributed by atoms with Crippen LogP contribution in [-0.4, -0.2) is 39.1 Å². The maximum atomic E-state index is 14.0. The molecule has 35 heavy (non-hydrogen) atoms. The van der Waals surface area contributed by atoms with Gasteiger partial charge in [-0.3, -0.25) is 14.4 Å². The first-order valence-electron chi connectivity index (χ1n) is 12.3. The number of aromatic nitrogens is 1. The summed E-state index contributed by atoms with van der Waals surface area (Å²) < 4.78 is 17.8. The van der Waals surface area contributed by atoms with Gasteiger partial charge in [0, 0.05) is 12.1 Å². The summed E-state index contributed by atoms with van der Waals surface area (Å²) in [5, 5.41) is 3.15. The fourth-order valence-electron chi connectivity index (χ4n) is 5.21. The van der Waals surface area contributed by atoms with Gasteiger partial charge in [-0.25, -0.2) is 4.39 Å². The summed E-state index contributed by atoms with van der Waals surface area (Å²) in [6.07, 6.45) is 9.42. The summed E-state index contributed by atoms with van der Waals surface area (Å²) in [7, 11) is 0. The molecule has 0 radical (unpaired) electrons. The molecule has 0 bridgehead atoms. The number of halogens is 1. The number of rotatable bonds is 7. The van der Waals surface area contributed by atoms with Crippen molar-refractivity contribution in [1.29, 1.82) is 0 Å². The van der Waals surface area contributed by atoms with E-state index in [1.807, 2.05) is 0 Å². The van der Waals surface area contributed by atoms with Crippen LogP contribution < -0.4 is 16.8 Å². The fourth-order valence-corrected chi connectivity index (χ4v) is 5.96. The molecule has 4 rings (SSSR count). The van der Waals surface area contributed by atoms with Crippen LogP contribution in [0, 0.1) is 5.82 Å². The normalized spacial score (nSPS) is 18.1.